The van der Waals surface area contributed by atoms with E-state index < -0.39 is 38.0 Å². The van der Waals surface area contributed by atoms with Gasteiger partial charge in [-0.1, -0.05) is 23.2 Å². The van der Waals surface area contributed by atoms with Crippen LogP contribution in [0.1, 0.15) is 17.3 Å². The molecule has 8 heteroatoms. The van der Waals surface area contributed by atoms with Crippen LogP contribution in [0, 0.1) is 15.9 Å². The molecule has 1 aromatic rings. The number of rotatable bonds is 3. The lowest BCUT2D eigenvalue weighted by molar-refractivity contribution is -0.384. The second-order valence-corrected chi connectivity index (χ2v) is 3.62. The predicted molar refractivity (Wildman–Crippen MR) is 59.0 cm³/mol. The molecular formula is C9H6Cl2FNO4. The molecule has 0 spiro atoms. The standard InChI is InChI=1S/C9H6Cl2FNO4/c1-2-17-9(14)4-3-5(12)7(11)8(6(4)10)13(15)16/h3H,2H2,1H3. The third-order valence-electron chi connectivity index (χ3n) is 1.81. The highest BCUT2D eigenvalue weighted by atomic mass is 35.5. The highest BCUT2D eigenvalue weighted by molar-refractivity contribution is 6.40. The van der Waals surface area contributed by atoms with Crippen molar-refractivity contribution in [3.8, 4) is 0 Å². The number of nitro benzene ring substituents is 1. The van der Waals surface area contributed by atoms with Crippen molar-refractivity contribution < 1.29 is 18.8 Å². The molecule has 0 fully saturated rings. The number of nitro groups is 1. The molecule has 1 aromatic carbocycles. The van der Waals surface area contributed by atoms with Gasteiger partial charge in [-0.05, 0) is 13.0 Å². The quantitative estimate of drug-likeness (QED) is 0.369. The van der Waals surface area contributed by atoms with E-state index in [9.17, 15) is 19.3 Å². The first-order valence-electron chi connectivity index (χ1n) is 4.39. The van der Waals surface area contributed by atoms with Gasteiger partial charge in [-0.25, -0.2) is 9.18 Å². The van der Waals surface area contributed by atoms with Crippen LogP contribution in [-0.4, -0.2) is 17.5 Å². The number of carbonyl (C=O) groups is 1. The molecular weight excluding hydrogens is 276 g/mol. The lowest BCUT2D eigenvalue weighted by Gasteiger charge is -2.06. The second-order valence-electron chi connectivity index (χ2n) is 2.86. The average molecular weight is 282 g/mol. The summed E-state index contributed by atoms with van der Waals surface area (Å²) < 4.78 is 17.9. The maximum absolute atomic E-state index is 13.3. The van der Waals surface area contributed by atoms with Crippen LogP contribution in [-0.2, 0) is 4.74 Å². The third-order valence-corrected chi connectivity index (χ3v) is 2.55. The molecule has 0 bridgehead atoms. The van der Waals surface area contributed by atoms with Crippen LogP contribution in [0.25, 0.3) is 0 Å². The van der Waals surface area contributed by atoms with E-state index in [0.717, 1.165) is 0 Å². The van der Waals surface area contributed by atoms with Crippen LogP contribution in [0.2, 0.25) is 10.0 Å². The summed E-state index contributed by atoms with van der Waals surface area (Å²) in [6.45, 7) is 1.57. The minimum atomic E-state index is -1.11. The van der Waals surface area contributed by atoms with Gasteiger partial charge in [0.15, 0.2) is 5.02 Å². The summed E-state index contributed by atoms with van der Waals surface area (Å²) >= 11 is 11.0. The summed E-state index contributed by atoms with van der Waals surface area (Å²) in [5.41, 5.74) is -1.28. The number of hydrogen-bond acceptors (Lipinski definition) is 4. The van der Waals surface area contributed by atoms with E-state index in [2.05, 4.69) is 4.74 Å². The topological polar surface area (TPSA) is 69.4 Å². The van der Waals surface area contributed by atoms with Crippen LogP contribution >= 0.6 is 23.2 Å². The number of carbonyl (C=O) groups excluding carboxylic acids is 1. The van der Waals surface area contributed by atoms with Crippen molar-refractivity contribution in [2.45, 2.75) is 6.92 Å². The fourth-order valence-electron chi connectivity index (χ4n) is 1.11. The smallest absolute Gasteiger partial charge is 0.340 e. The van der Waals surface area contributed by atoms with Gasteiger partial charge in [-0.2, -0.15) is 0 Å². The Morgan fingerprint density at radius 1 is 1.53 bits per heavy atom. The van der Waals surface area contributed by atoms with E-state index in [1.54, 1.807) is 0 Å². The highest BCUT2D eigenvalue weighted by Crippen LogP contribution is 2.37. The summed E-state index contributed by atoms with van der Waals surface area (Å²) in [4.78, 5) is 21.0. The number of esters is 1. The number of halogens is 3. The SMILES string of the molecule is CCOC(=O)c1cc(F)c(Cl)c([N+](=O)[O-])c1Cl. The van der Waals surface area contributed by atoms with Crippen molar-refractivity contribution in [3.63, 3.8) is 0 Å². The molecule has 0 N–H and O–H groups in total. The molecule has 0 heterocycles. The Labute approximate surface area is 105 Å². The normalized spacial score (nSPS) is 10.1. The molecule has 0 unspecified atom stereocenters. The van der Waals surface area contributed by atoms with Gasteiger partial charge in [0, 0.05) is 0 Å². The Morgan fingerprint density at radius 3 is 2.59 bits per heavy atom. The predicted octanol–water partition coefficient (Wildman–Crippen LogP) is 3.22. The van der Waals surface area contributed by atoms with Gasteiger partial charge in [0.05, 0.1) is 17.1 Å². The van der Waals surface area contributed by atoms with Crippen molar-refractivity contribution in [1.29, 1.82) is 0 Å². The fraction of sp³-hybridized carbons (Fsp3) is 0.222. The van der Waals surface area contributed by atoms with Crippen molar-refractivity contribution in [3.05, 3.63) is 37.6 Å². The monoisotopic (exact) mass is 281 g/mol. The van der Waals surface area contributed by atoms with Gasteiger partial charge in [-0.3, -0.25) is 10.1 Å². The maximum Gasteiger partial charge on any atom is 0.340 e. The molecule has 0 saturated carbocycles. The van der Waals surface area contributed by atoms with Gasteiger partial charge in [0.25, 0.3) is 0 Å². The Hall–Kier alpha value is -1.40. The Bertz CT molecular complexity index is 492. The summed E-state index contributed by atoms with van der Waals surface area (Å²) in [6, 6.07) is 0.704. The van der Waals surface area contributed by atoms with Crippen LogP contribution < -0.4 is 0 Å². The first-order chi connectivity index (χ1) is 7.90. The number of benzene rings is 1. The molecule has 5 nitrogen and oxygen atoms in total. The van der Waals surface area contributed by atoms with E-state index in [0.29, 0.717) is 6.07 Å². The number of ether oxygens (including phenoxy) is 1. The zero-order valence-electron chi connectivity index (χ0n) is 8.50. The molecule has 0 radical (unpaired) electrons. The molecule has 1 rings (SSSR count). The Balaban J connectivity index is 3.44. The molecule has 0 aliphatic carbocycles. The molecule has 0 aromatic heterocycles. The van der Waals surface area contributed by atoms with Gasteiger partial charge in [0.1, 0.15) is 10.8 Å². The molecule has 92 valence electrons. The average Bonchev–Trinajstić information content (AvgIpc) is 2.23. The second kappa shape index (κ2) is 5.29. The molecule has 0 amide bonds. The Morgan fingerprint density at radius 2 is 2.12 bits per heavy atom. The van der Waals surface area contributed by atoms with E-state index in [4.69, 9.17) is 23.2 Å². The fourth-order valence-corrected chi connectivity index (χ4v) is 1.67. The summed E-state index contributed by atoms with van der Waals surface area (Å²) in [6.07, 6.45) is 0. The van der Waals surface area contributed by atoms with Crippen LogP contribution in [0.5, 0.6) is 0 Å². The minimum absolute atomic E-state index is 0.0349. The van der Waals surface area contributed by atoms with E-state index >= 15 is 0 Å². The molecule has 0 aliphatic heterocycles. The zero-order valence-corrected chi connectivity index (χ0v) is 10.0. The molecule has 0 saturated heterocycles. The van der Waals surface area contributed by atoms with Crippen molar-refractivity contribution in [1.82, 2.24) is 0 Å². The highest BCUT2D eigenvalue weighted by Gasteiger charge is 2.28. The molecule has 0 aliphatic rings. The minimum Gasteiger partial charge on any atom is -0.462 e. The van der Waals surface area contributed by atoms with Crippen LogP contribution in [0.3, 0.4) is 0 Å². The summed E-state index contributed by atoms with van der Waals surface area (Å²) in [7, 11) is 0. The lowest BCUT2D eigenvalue weighted by atomic mass is 10.2. The van der Waals surface area contributed by atoms with Crippen LogP contribution in [0.15, 0.2) is 6.07 Å². The van der Waals surface area contributed by atoms with E-state index in [1.165, 1.54) is 6.92 Å². The molecule has 17 heavy (non-hydrogen) atoms. The van der Waals surface area contributed by atoms with Crippen molar-refractivity contribution in [2.75, 3.05) is 6.61 Å². The summed E-state index contributed by atoms with van der Waals surface area (Å²) in [5.74, 6) is -2.05. The first-order valence-corrected chi connectivity index (χ1v) is 5.14. The third kappa shape index (κ3) is 2.65. The number of hydrogen-bond donors (Lipinski definition) is 0. The van der Waals surface area contributed by atoms with Gasteiger partial charge < -0.3 is 4.74 Å². The van der Waals surface area contributed by atoms with Gasteiger partial charge in [-0.15, -0.1) is 0 Å². The number of nitrogens with zero attached hydrogens (tertiary/aromatic N) is 1. The first kappa shape index (κ1) is 13.7. The lowest BCUT2D eigenvalue weighted by Crippen LogP contribution is -2.08. The summed E-state index contributed by atoms with van der Waals surface area (Å²) in [5, 5.41) is 9.36. The van der Waals surface area contributed by atoms with Crippen LogP contribution in [0.4, 0.5) is 10.1 Å². The molecule has 0 atom stereocenters. The van der Waals surface area contributed by atoms with Gasteiger partial charge in [0.2, 0.25) is 0 Å². The van der Waals surface area contributed by atoms with E-state index in [-0.39, 0.29) is 6.61 Å². The van der Waals surface area contributed by atoms with Crippen molar-refractivity contribution in [2.24, 2.45) is 0 Å². The van der Waals surface area contributed by atoms with Crippen molar-refractivity contribution >= 4 is 34.9 Å². The maximum atomic E-state index is 13.3. The van der Waals surface area contributed by atoms with E-state index in [1.807, 2.05) is 0 Å². The largest absolute Gasteiger partial charge is 0.462 e. The zero-order chi connectivity index (χ0) is 13.2. The Kier molecular flexibility index (Phi) is 4.25. The van der Waals surface area contributed by atoms with Gasteiger partial charge >= 0.3 is 11.7 Å².